The molecule has 0 saturated heterocycles. The Morgan fingerprint density at radius 1 is 1.26 bits per heavy atom. The van der Waals surface area contributed by atoms with E-state index < -0.39 is 0 Å². The number of aryl methyl sites for hydroxylation is 3. The topological polar surface area (TPSA) is 50.9 Å². The van der Waals surface area contributed by atoms with E-state index in [9.17, 15) is 0 Å². The number of hydrogen-bond donors (Lipinski definition) is 2. The molecule has 0 radical (unpaired) electrons. The van der Waals surface area contributed by atoms with Crippen LogP contribution in [0.1, 0.15) is 34.7 Å². The predicted molar refractivity (Wildman–Crippen MR) is 78.5 cm³/mol. The van der Waals surface area contributed by atoms with Gasteiger partial charge < -0.3 is 0 Å². The van der Waals surface area contributed by atoms with Crippen molar-refractivity contribution in [3.05, 3.63) is 65.0 Å². The fourth-order valence-electron chi connectivity index (χ4n) is 2.32. The van der Waals surface area contributed by atoms with Crippen LogP contribution < -0.4 is 11.3 Å². The Bertz CT molecular complexity index is 523. The van der Waals surface area contributed by atoms with Crippen molar-refractivity contribution < 1.29 is 0 Å². The van der Waals surface area contributed by atoms with Crippen molar-refractivity contribution in [3.8, 4) is 0 Å². The maximum atomic E-state index is 5.72. The molecule has 3 nitrogen and oxygen atoms in total. The molecule has 3 N–H and O–H groups in total. The third kappa shape index (κ3) is 3.63. The van der Waals surface area contributed by atoms with E-state index in [0.29, 0.717) is 0 Å². The van der Waals surface area contributed by atoms with Gasteiger partial charge in [-0.3, -0.25) is 16.3 Å². The van der Waals surface area contributed by atoms with Gasteiger partial charge in [0.25, 0.3) is 0 Å². The van der Waals surface area contributed by atoms with Gasteiger partial charge in [0.2, 0.25) is 0 Å². The highest BCUT2D eigenvalue weighted by Crippen LogP contribution is 2.22. The molecule has 0 aliphatic heterocycles. The second-order valence-corrected chi connectivity index (χ2v) is 4.98. The maximum Gasteiger partial charge on any atom is 0.0465 e. The minimum absolute atomic E-state index is 0.181. The summed E-state index contributed by atoms with van der Waals surface area (Å²) in [7, 11) is 0. The van der Waals surface area contributed by atoms with Gasteiger partial charge in [-0.05, 0) is 49.4 Å². The van der Waals surface area contributed by atoms with Gasteiger partial charge >= 0.3 is 0 Å². The van der Waals surface area contributed by atoms with Gasteiger partial charge in [0, 0.05) is 18.4 Å². The molecule has 3 heteroatoms. The van der Waals surface area contributed by atoms with Gasteiger partial charge in [-0.25, -0.2) is 0 Å². The van der Waals surface area contributed by atoms with Crippen LogP contribution in [0.3, 0.4) is 0 Å². The molecule has 100 valence electrons. The lowest BCUT2D eigenvalue weighted by Gasteiger charge is -2.19. The highest BCUT2D eigenvalue weighted by molar-refractivity contribution is 5.33. The molecule has 0 bridgehead atoms. The average Bonchev–Trinajstić information content (AvgIpc) is 2.44. The molecular weight excluding hydrogens is 234 g/mol. The number of hydrogen-bond acceptors (Lipinski definition) is 3. The van der Waals surface area contributed by atoms with Gasteiger partial charge in [-0.1, -0.05) is 29.8 Å². The first kappa shape index (κ1) is 13.7. The molecule has 0 spiro atoms. The van der Waals surface area contributed by atoms with E-state index in [1.165, 1.54) is 22.3 Å². The van der Waals surface area contributed by atoms with E-state index in [-0.39, 0.29) is 6.04 Å². The largest absolute Gasteiger partial charge is 0.271 e. The van der Waals surface area contributed by atoms with Crippen LogP contribution in [0.25, 0.3) is 0 Å². The molecule has 0 aliphatic rings. The summed E-state index contributed by atoms with van der Waals surface area (Å²) in [4.78, 5) is 4.14. The molecule has 0 fully saturated rings. The van der Waals surface area contributed by atoms with Gasteiger partial charge in [0.15, 0.2) is 0 Å². The van der Waals surface area contributed by atoms with E-state index in [1.807, 2.05) is 12.3 Å². The Morgan fingerprint density at radius 3 is 2.79 bits per heavy atom. The van der Waals surface area contributed by atoms with Crippen molar-refractivity contribution in [2.75, 3.05) is 0 Å². The van der Waals surface area contributed by atoms with Crippen LogP contribution >= 0.6 is 0 Å². The highest BCUT2D eigenvalue weighted by atomic mass is 15.2. The standard InChI is InChI=1S/C16H21N3/c1-12-5-6-13(2)15(10-12)16(19-17)8-7-14-4-3-9-18-11-14/h3-6,9-11,16,19H,7-8,17H2,1-2H3. The maximum absolute atomic E-state index is 5.72. The van der Waals surface area contributed by atoms with Crippen LogP contribution in [0, 0.1) is 13.8 Å². The number of benzene rings is 1. The summed E-state index contributed by atoms with van der Waals surface area (Å²) < 4.78 is 0. The Balaban J connectivity index is 2.10. The molecule has 1 aromatic heterocycles. The Hall–Kier alpha value is -1.71. The predicted octanol–water partition coefficient (Wildman–Crippen LogP) is 2.84. The Kier molecular flexibility index (Phi) is 4.66. The molecular formula is C16H21N3. The zero-order chi connectivity index (χ0) is 13.7. The van der Waals surface area contributed by atoms with Crippen LogP contribution in [0.15, 0.2) is 42.7 Å². The zero-order valence-electron chi connectivity index (χ0n) is 11.6. The number of pyridine rings is 1. The highest BCUT2D eigenvalue weighted by Gasteiger charge is 2.12. The smallest absolute Gasteiger partial charge is 0.0465 e. The molecule has 2 rings (SSSR count). The summed E-state index contributed by atoms with van der Waals surface area (Å²) in [5, 5.41) is 0. The summed E-state index contributed by atoms with van der Waals surface area (Å²) in [5.41, 5.74) is 8.01. The first-order chi connectivity index (χ1) is 9.20. The molecule has 0 saturated carbocycles. The molecule has 1 heterocycles. The normalized spacial score (nSPS) is 12.4. The van der Waals surface area contributed by atoms with Crippen molar-refractivity contribution in [2.24, 2.45) is 5.84 Å². The third-order valence-electron chi connectivity index (χ3n) is 3.46. The number of hydrazine groups is 1. The lowest BCUT2D eigenvalue weighted by atomic mass is 9.95. The van der Waals surface area contributed by atoms with Gasteiger partial charge in [-0.2, -0.15) is 0 Å². The Labute approximate surface area is 114 Å². The van der Waals surface area contributed by atoms with Crippen molar-refractivity contribution in [1.82, 2.24) is 10.4 Å². The van der Waals surface area contributed by atoms with E-state index in [2.05, 4.69) is 48.5 Å². The summed E-state index contributed by atoms with van der Waals surface area (Å²) in [5.74, 6) is 5.72. The summed E-state index contributed by atoms with van der Waals surface area (Å²) in [6.45, 7) is 4.24. The van der Waals surface area contributed by atoms with Crippen LogP contribution in [0.4, 0.5) is 0 Å². The van der Waals surface area contributed by atoms with E-state index in [1.54, 1.807) is 6.20 Å². The Morgan fingerprint density at radius 2 is 2.11 bits per heavy atom. The lowest BCUT2D eigenvalue weighted by Crippen LogP contribution is -2.29. The minimum Gasteiger partial charge on any atom is -0.271 e. The van der Waals surface area contributed by atoms with Crippen LogP contribution in [-0.4, -0.2) is 4.98 Å². The minimum atomic E-state index is 0.181. The SMILES string of the molecule is Cc1ccc(C)c(C(CCc2cccnc2)NN)c1. The van der Waals surface area contributed by atoms with Crippen molar-refractivity contribution >= 4 is 0 Å². The number of nitrogens with one attached hydrogen (secondary N) is 1. The van der Waals surface area contributed by atoms with Gasteiger partial charge in [0.05, 0.1) is 0 Å². The van der Waals surface area contributed by atoms with E-state index in [4.69, 9.17) is 5.84 Å². The fraction of sp³-hybridized carbons (Fsp3) is 0.312. The molecule has 0 amide bonds. The van der Waals surface area contributed by atoms with E-state index in [0.717, 1.165) is 12.8 Å². The molecule has 1 unspecified atom stereocenters. The quantitative estimate of drug-likeness (QED) is 0.638. The van der Waals surface area contributed by atoms with Crippen molar-refractivity contribution in [3.63, 3.8) is 0 Å². The monoisotopic (exact) mass is 255 g/mol. The fourth-order valence-corrected chi connectivity index (χ4v) is 2.32. The zero-order valence-corrected chi connectivity index (χ0v) is 11.6. The third-order valence-corrected chi connectivity index (χ3v) is 3.46. The van der Waals surface area contributed by atoms with Gasteiger partial charge in [0.1, 0.15) is 0 Å². The lowest BCUT2D eigenvalue weighted by molar-refractivity contribution is 0.513. The summed E-state index contributed by atoms with van der Waals surface area (Å²) >= 11 is 0. The van der Waals surface area contributed by atoms with E-state index >= 15 is 0 Å². The number of rotatable bonds is 5. The molecule has 2 aromatic rings. The van der Waals surface area contributed by atoms with Crippen LogP contribution in [0.5, 0.6) is 0 Å². The molecule has 1 atom stereocenters. The molecule has 1 aromatic carbocycles. The first-order valence-electron chi connectivity index (χ1n) is 6.63. The second kappa shape index (κ2) is 6.45. The number of nitrogens with two attached hydrogens (primary N) is 1. The van der Waals surface area contributed by atoms with Gasteiger partial charge in [-0.15, -0.1) is 0 Å². The average molecular weight is 255 g/mol. The summed E-state index contributed by atoms with van der Waals surface area (Å²) in [6.07, 6.45) is 5.64. The number of nitrogens with zero attached hydrogens (tertiary/aromatic N) is 1. The number of aromatic nitrogens is 1. The molecule has 0 aliphatic carbocycles. The molecule has 19 heavy (non-hydrogen) atoms. The van der Waals surface area contributed by atoms with Crippen LogP contribution in [0.2, 0.25) is 0 Å². The van der Waals surface area contributed by atoms with Crippen LogP contribution in [-0.2, 0) is 6.42 Å². The van der Waals surface area contributed by atoms with Crippen molar-refractivity contribution in [2.45, 2.75) is 32.7 Å². The van der Waals surface area contributed by atoms with Crippen molar-refractivity contribution in [1.29, 1.82) is 0 Å². The summed E-state index contributed by atoms with van der Waals surface area (Å²) in [6, 6.07) is 10.7. The second-order valence-electron chi connectivity index (χ2n) is 4.98. The first-order valence-corrected chi connectivity index (χ1v) is 6.63.